The fourth-order valence-corrected chi connectivity index (χ4v) is 0. The van der Waals surface area contributed by atoms with E-state index in [1.165, 1.54) is 0 Å². The quantitative estimate of drug-likeness (QED) is 0.647. The summed E-state index contributed by atoms with van der Waals surface area (Å²) in [4.78, 5) is 1.16. The van der Waals surface area contributed by atoms with Gasteiger partial charge in [0, 0.05) is 0 Å². The summed E-state index contributed by atoms with van der Waals surface area (Å²) >= 11 is 9.80. The maximum absolute atomic E-state index is 3.27. The molecule has 37 valence electrons. The third-order valence-electron chi connectivity index (χ3n) is 0.301. The van der Waals surface area contributed by atoms with Crippen LogP contribution in [0.25, 0.3) is 0 Å². The van der Waals surface area contributed by atoms with Gasteiger partial charge in [-0.25, -0.2) is 0 Å². The molecule has 0 amide bonds. The summed E-state index contributed by atoms with van der Waals surface area (Å²) in [6.45, 7) is 1.98. The van der Waals surface area contributed by atoms with Crippen molar-refractivity contribution in [3.05, 3.63) is 4.83 Å². The van der Waals surface area contributed by atoms with Gasteiger partial charge in [0.05, 0.1) is 8.56 Å². The normalized spacial score (nSPS) is 11.0. The lowest BCUT2D eigenvalue weighted by Gasteiger charge is -1.97. The highest BCUT2D eigenvalue weighted by Crippen LogP contribution is 2.25. The fraction of sp³-hybridized carbons (Fsp3) is 0.667. The Morgan fingerprint density at radius 1 is 1.50 bits per heavy atom. The molecule has 0 heterocycles. The van der Waals surface area contributed by atoms with Crippen LogP contribution >= 0.6 is 47.8 Å². The van der Waals surface area contributed by atoms with Crippen molar-refractivity contribution in [2.75, 3.05) is 0 Å². The maximum Gasteiger partial charge on any atom is 0.0862 e. The predicted octanol–water partition coefficient (Wildman–Crippen LogP) is 3.05. The molecule has 0 aliphatic rings. The maximum atomic E-state index is 3.27. The van der Waals surface area contributed by atoms with Crippen LogP contribution in [0.1, 0.15) is 6.92 Å². The van der Waals surface area contributed by atoms with Gasteiger partial charge in [-0.15, -0.1) is 0 Å². The van der Waals surface area contributed by atoms with Crippen LogP contribution in [0.2, 0.25) is 0 Å². The highest BCUT2D eigenvalue weighted by Gasteiger charge is 2.03. The Balaban J connectivity index is 2.99. The van der Waals surface area contributed by atoms with Crippen molar-refractivity contribution >= 4 is 47.8 Å². The van der Waals surface area contributed by atoms with Gasteiger partial charge in [0.15, 0.2) is 0 Å². The predicted molar refractivity (Wildman–Crippen MR) is 39.5 cm³/mol. The molecule has 0 bridgehead atoms. The second-order valence-electron chi connectivity index (χ2n) is 0.887. The van der Waals surface area contributed by atoms with Crippen LogP contribution in [0.3, 0.4) is 0 Å². The first kappa shape index (κ1) is 7.44. The van der Waals surface area contributed by atoms with E-state index in [4.69, 9.17) is 0 Å². The zero-order chi connectivity index (χ0) is 5.15. The second-order valence-corrected chi connectivity index (χ2v) is 5.20. The van der Waals surface area contributed by atoms with Crippen LogP contribution in [0.5, 0.6) is 0 Å². The molecule has 0 nitrogen and oxygen atoms in total. The van der Waals surface area contributed by atoms with E-state index in [1.807, 2.05) is 6.92 Å². The van der Waals surface area contributed by atoms with E-state index in [-0.39, 0.29) is 0 Å². The molecule has 3 heteroatoms. The number of halogens is 3. The van der Waals surface area contributed by atoms with Crippen LogP contribution < -0.4 is 0 Å². The van der Waals surface area contributed by atoms with Crippen LogP contribution in [0.4, 0.5) is 0 Å². The SMILES string of the molecule is C[C](Br)C(Br)Br. The van der Waals surface area contributed by atoms with Gasteiger partial charge in [0.1, 0.15) is 0 Å². The van der Waals surface area contributed by atoms with Crippen LogP contribution in [0.15, 0.2) is 0 Å². The molecule has 1 radical (unpaired) electrons. The first-order chi connectivity index (χ1) is 2.64. The van der Waals surface area contributed by atoms with Crippen molar-refractivity contribution in [2.24, 2.45) is 0 Å². The van der Waals surface area contributed by atoms with Crippen LogP contribution in [0, 0.1) is 4.83 Å². The van der Waals surface area contributed by atoms with Crippen LogP contribution in [-0.4, -0.2) is 3.74 Å². The lowest BCUT2D eigenvalue weighted by Crippen LogP contribution is -1.87. The average Bonchev–Trinajstić information content (AvgIpc) is 1.36. The van der Waals surface area contributed by atoms with E-state index in [2.05, 4.69) is 47.8 Å². The van der Waals surface area contributed by atoms with Gasteiger partial charge in [-0.3, -0.25) is 0 Å². The van der Waals surface area contributed by atoms with E-state index in [1.54, 1.807) is 0 Å². The molecule has 0 spiro atoms. The Bertz CT molecular complexity index is 27.0. The van der Waals surface area contributed by atoms with Crippen molar-refractivity contribution in [2.45, 2.75) is 10.7 Å². The molecular weight excluding hydrogens is 276 g/mol. The topological polar surface area (TPSA) is 0 Å². The minimum Gasteiger partial charge on any atom is -0.0819 e. The Labute approximate surface area is 63.1 Å². The van der Waals surface area contributed by atoms with Gasteiger partial charge >= 0.3 is 0 Å². The van der Waals surface area contributed by atoms with Crippen molar-refractivity contribution < 1.29 is 0 Å². The van der Waals surface area contributed by atoms with E-state index in [0.717, 1.165) is 4.83 Å². The largest absolute Gasteiger partial charge is 0.0862 e. The third-order valence-corrected chi connectivity index (χ3v) is 3.36. The summed E-state index contributed by atoms with van der Waals surface area (Å²) in [5.41, 5.74) is 0. The van der Waals surface area contributed by atoms with Crippen molar-refractivity contribution in [3.8, 4) is 0 Å². The van der Waals surface area contributed by atoms with E-state index >= 15 is 0 Å². The van der Waals surface area contributed by atoms with Gasteiger partial charge in [-0.2, -0.15) is 0 Å². The number of hydrogen-bond donors (Lipinski definition) is 0. The molecule has 0 saturated heterocycles. The minimum absolute atomic E-state index is 0.310. The van der Waals surface area contributed by atoms with Crippen LogP contribution in [-0.2, 0) is 0 Å². The zero-order valence-corrected chi connectivity index (χ0v) is 7.97. The molecule has 0 aliphatic carbocycles. The molecule has 6 heavy (non-hydrogen) atoms. The van der Waals surface area contributed by atoms with Gasteiger partial charge in [-0.05, 0) is 6.92 Å². The molecule has 0 aromatic heterocycles. The molecule has 0 N–H and O–H groups in total. The molecule has 0 saturated carbocycles. The van der Waals surface area contributed by atoms with Crippen molar-refractivity contribution in [1.29, 1.82) is 0 Å². The number of rotatable bonds is 1. The molecule has 0 unspecified atom stereocenters. The molecule has 0 aromatic carbocycles. The fourth-order valence-electron chi connectivity index (χ4n) is 0. The molecular formula is C3H4Br3. The van der Waals surface area contributed by atoms with E-state index in [0.29, 0.717) is 3.74 Å². The smallest absolute Gasteiger partial charge is 0.0819 e. The molecule has 0 rings (SSSR count). The standard InChI is InChI=1S/C3H4Br3/c1-2(4)3(5)6/h3H,1H3. The Morgan fingerprint density at radius 2 is 1.67 bits per heavy atom. The molecule has 0 fully saturated rings. The van der Waals surface area contributed by atoms with E-state index < -0.39 is 0 Å². The highest BCUT2D eigenvalue weighted by atomic mass is 79.9. The number of alkyl halides is 2. The Kier molecular flexibility index (Phi) is 4.27. The molecule has 0 aromatic rings. The third kappa shape index (κ3) is 3.62. The van der Waals surface area contributed by atoms with E-state index in [9.17, 15) is 0 Å². The zero-order valence-electron chi connectivity index (χ0n) is 3.21. The summed E-state index contributed by atoms with van der Waals surface area (Å²) < 4.78 is 0.310. The van der Waals surface area contributed by atoms with Crippen molar-refractivity contribution in [3.63, 3.8) is 0 Å². The first-order valence-electron chi connectivity index (χ1n) is 1.41. The lowest BCUT2D eigenvalue weighted by atomic mass is 10.6. The summed E-state index contributed by atoms with van der Waals surface area (Å²) in [6, 6.07) is 0. The van der Waals surface area contributed by atoms with Gasteiger partial charge in [-0.1, -0.05) is 47.8 Å². The molecule has 0 aliphatic heterocycles. The summed E-state index contributed by atoms with van der Waals surface area (Å²) in [5.74, 6) is 0. The first-order valence-corrected chi connectivity index (χ1v) is 4.04. The summed E-state index contributed by atoms with van der Waals surface area (Å²) in [7, 11) is 0. The Hall–Kier alpha value is 1.44. The highest BCUT2D eigenvalue weighted by molar-refractivity contribution is 9.25. The monoisotopic (exact) mass is 277 g/mol. The average molecular weight is 280 g/mol. The lowest BCUT2D eigenvalue weighted by molar-refractivity contribution is 1.35. The van der Waals surface area contributed by atoms with Gasteiger partial charge < -0.3 is 0 Å². The van der Waals surface area contributed by atoms with Gasteiger partial charge in [0.2, 0.25) is 0 Å². The summed E-state index contributed by atoms with van der Waals surface area (Å²) in [6.07, 6.45) is 0. The molecule has 0 atom stereocenters. The second kappa shape index (κ2) is 3.44. The van der Waals surface area contributed by atoms with Gasteiger partial charge in [0.25, 0.3) is 0 Å². The number of hydrogen-bond acceptors (Lipinski definition) is 0. The summed E-state index contributed by atoms with van der Waals surface area (Å²) in [5, 5.41) is 0. The Morgan fingerprint density at radius 3 is 1.67 bits per heavy atom. The minimum atomic E-state index is 0.310. The van der Waals surface area contributed by atoms with Crippen molar-refractivity contribution in [1.82, 2.24) is 0 Å².